The molecular formula is C27H15F2N3. The first-order chi connectivity index (χ1) is 15.7. The van der Waals surface area contributed by atoms with Crippen molar-refractivity contribution in [3.63, 3.8) is 0 Å². The number of pyridine rings is 2. The van der Waals surface area contributed by atoms with E-state index in [0.29, 0.717) is 33.6 Å². The van der Waals surface area contributed by atoms with Gasteiger partial charge in [-0.1, -0.05) is 36.4 Å². The van der Waals surface area contributed by atoms with Crippen LogP contribution in [0.2, 0.25) is 0 Å². The van der Waals surface area contributed by atoms with Crippen LogP contribution in [-0.2, 0) is 0 Å². The van der Waals surface area contributed by atoms with E-state index in [2.05, 4.69) is 16.0 Å². The highest BCUT2D eigenvalue weighted by atomic mass is 19.1. The number of fused-ring (bicyclic) bond motifs is 1. The van der Waals surface area contributed by atoms with Gasteiger partial charge in [-0.3, -0.25) is 0 Å². The predicted octanol–water partition coefficient (Wildman–Crippen LogP) is 6.78. The molecule has 152 valence electrons. The maximum Gasteiger partial charge on any atom is 0.160 e. The van der Waals surface area contributed by atoms with Gasteiger partial charge in [-0.15, -0.1) is 0 Å². The lowest BCUT2D eigenvalue weighted by Gasteiger charge is -2.11. The summed E-state index contributed by atoms with van der Waals surface area (Å²) in [6.45, 7) is 0. The van der Waals surface area contributed by atoms with Crippen LogP contribution in [0, 0.1) is 23.0 Å². The van der Waals surface area contributed by atoms with E-state index < -0.39 is 5.82 Å². The van der Waals surface area contributed by atoms with E-state index in [4.69, 9.17) is 0 Å². The third-order valence-electron chi connectivity index (χ3n) is 5.37. The third kappa shape index (κ3) is 3.38. The highest BCUT2D eigenvalue weighted by Gasteiger charge is 2.14. The van der Waals surface area contributed by atoms with Crippen molar-refractivity contribution in [1.29, 1.82) is 5.26 Å². The molecule has 0 N–H and O–H groups in total. The number of nitriles is 1. The molecule has 0 aliphatic carbocycles. The highest BCUT2D eigenvalue weighted by molar-refractivity contribution is 5.94. The molecule has 0 saturated carbocycles. The molecular weight excluding hydrogens is 404 g/mol. The van der Waals surface area contributed by atoms with Crippen LogP contribution in [0.5, 0.6) is 0 Å². The highest BCUT2D eigenvalue weighted by Crippen LogP contribution is 2.34. The molecule has 0 fully saturated rings. The minimum atomic E-state index is -0.408. The van der Waals surface area contributed by atoms with E-state index in [9.17, 15) is 14.0 Å². The van der Waals surface area contributed by atoms with Crippen LogP contribution in [-0.4, -0.2) is 9.97 Å². The molecule has 2 aromatic heterocycles. The molecule has 3 aromatic carbocycles. The lowest BCUT2D eigenvalue weighted by atomic mass is 9.95. The molecule has 32 heavy (non-hydrogen) atoms. The Labute approximate surface area is 183 Å². The lowest BCUT2D eigenvalue weighted by Crippen LogP contribution is -1.93. The van der Waals surface area contributed by atoms with Crippen molar-refractivity contribution in [3.05, 3.63) is 108 Å². The van der Waals surface area contributed by atoms with E-state index in [1.165, 1.54) is 12.1 Å². The first kappa shape index (κ1) is 19.5. The van der Waals surface area contributed by atoms with E-state index in [1.807, 2.05) is 12.1 Å². The molecule has 0 aliphatic rings. The van der Waals surface area contributed by atoms with Crippen LogP contribution in [0.4, 0.5) is 8.78 Å². The molecule has 0 saturated heterocycles. The summed E-state index contributed by atoms with van der Waals surface area (Å²) in [6, 6.07) is 25.7. The second kappa shape index (κ2) is 8.01. The monoisotopic (exact) mass is 419 g/mol. The Balaban J connectivity index is 1.66. The summed E-state index contributed by atoms with van der Waals surface area (Å²) >= 11 is 0. The number of hydrogen-bond acceptors (Lipinski definition) is 3. The smallest absolute Gasteiger partial charge is 0.160 e. The zero-order valence-electron chi connectivity index (χ0n) is 16.8. The first-order valence-corrected chi connectivity index (χ1v) is 9.96. The number of nitrogens with zero attached hydrogens (tertiary/aromatic N) is 3. The predicted molar refractivity (Wildman–Crippen MR) is 120 cm³/mol. The Hall–Kier alpha value is -4.43. The summed E-state index contributed by atoms with van der Waals surface area (Å²) in [4.78, 5) is 8.91. The van der Waals surface area contributed by atoms with Crippen molar-refractivity contribution >= 4 is 11.0 Å². The van der Waals surface area contributed by atoms with Gasteiger partial charge in [0, 0.05) is 28.3 Å². The van der Waals surface area contributed by atoms with Gasteiger partial charge in [0.25, 0.3) is 0 Å². The second-order valence-electron chi connectivity index (χ2n) is 7.26. The standard InChI is InChI=1S/C27H15F2N3/c28-24-8-4-3-7-22(24)26-12-10-21-20(13-14-31-27(21)32-26)17-9-11-25(29)23(15-17)19-6-2-1-5-18(19)16-30/h1-15H. The summed E-state index contributed by atoms with van der Waals surface area (Å²) in [7, 11) is 0. The molecule has 0 bridgehead atoms. The quantitative estimate of drug-likeness (QED) is 0.324. The number of hydrogen-bond donors (Lipinski definition) is 0. The maximum atomic E-state index is 14.7. The van der Waals surface area contributed by atoms with Crippen LogP contribution in [0.1, 0.15) is 5.56 Å². The topological polar surface area (TPSA) is 49.6 Å². The molecule has 0 amide bonds. The molecule has 5 rings (SSSR count). The van der Waals surface area contributed by atoms with E-state index in [-0.39, 0.29) is 5.82 Å². The summed E-state index contributed by atoms with van der Waals surface area (Å²) in [6.07, 6.45) is 1.63. The van der Waals surface area contributed by atoms with Gasteiger partial charge in [-0.25, -0.2) is 18.7 Å². The van der Waals surface area contributed by atoms with Crippen molar-refractivity contribution < 1.29 is 8.78 Å². The van der Waals surface area contributed by atoms with Crippen molar-refractivity contribution in [2.24, 2.45) is 0 Å². The zero-order valence-corrected chi connectivity index (χ0v) is 16.8. The van der Waals surface area contributed by atoms with E-state index >= 15 is 0 Å². The normalized spacial score (nSPS) is 10.8. The van der Waals surface area contributed by atoms with Gasteiger partial charge < -0.3 is 0 Å². The Morgan fingerprint density at radius 3 is 2.25 bits per heavy atom. The summed E-state index contributed by atoms with van der Waals surface area (Å²) in [5.74, 6) is -0.760. The molecule has 0 aliphatic heterocycles. The van der Waals surface area contributed by atoms with E-state index in [0.717, 1.165) is 16.5 Å². The van der Waals surface area contributed by atoms with Crippen LogP contribution in [0.3, 0.4) is 0 Å². The van der Waals surface area contributed by atoms with Crippen molar-refractivity contribution in [2.75, 3.05) is 0 Å². The van der Waals surface area contributed by atoms with Gasteiger partial charge in [-0.05, 0) is 59.7 Å². The van der Waals surface area contributed by atoms with Crippen molar-refractivity contribution in [1.82, 2.24) is 9.97 Å². The molecule has 5 heteroatoms. The second-order valence-corrected chi connectivity index (χ2v) is 7.26. The largest absolute Gasteiger partial charge is 0.237 e. The Morgan fingerprint density at radius 1 is 0.688 bits per heavy atom. The minimum absolute atomic E-state index is 0.348. The minimum Gasteiger partial charge on any atom is -0.237 e. The van der Waals surface area contributed by atoms with Gasteiger partial charge >= 0.3 is 0 Å². The van der Waals surface area contributed by atoms with Gasteiger partial charge in [0.05, 0.1) is 17.3 Å². The average Bonchev–Trinajstić information content (AvgIpc) is 2.84. The number of aromatic nitrogens is 2. The molecule has 3 nitrogen and oxygen atoms in total. The fraction of sp³-hybridized carbons (Fsp3) is 0. The van der Waals surface area contributed by atoms with Crippen LogP contribution >= 0.6 is 0 Å². The Morgan fingerprint density at radius 2 is 1.44 bits per heavy atom. The molecule has 0 unspecified atom stereocenters. The van der Waals surface area contributed by atoms with Gasteiger partial charge in [0.15, 0.2) is 5.65 Å². The molecule has 0 atom stereocenters. The zero-order chi connectivity index (χ0) is 22.1. The van der Waals surface area contributed by atoms with Crippen LogP contribution in [0.15, 0.2) is 91.1 Å². The number of rotatable bonds is 3. The first-order valence-electron chi connectivity index (χ1n) is 9.96. The van der Waals surface area contributed by atoms with Crippen molar-refractivity contribution in [3.8, 4) is 39.6 Å². The number of halogens is 2. The molecule has 5 aromatic rings. The van der Waals surface area contributed by atoms with Crippen LogP contribution in [0.25, 0.3) is 44.5 Å². The summed E-state index contributed by atoms with van der Waals surface area (Å²) in [5, 5.41) is 10.2. The van der Waals surface area contributed by atoms with Gasteiger partial charge in [0.1, 0.15) is 11.6 Å². The fourth-order valence-electron chi connectivity index (χ4n) is 3.81. The third-order valence-corrected chi connectivity index (χ3v) is 5.37. The maximum absolute atomic E-state index is 14.7. The van der Waals surface area contributed by atoms with Gasteiger partial charge in [-0.2, -0.15) is 5.26 Å². The molecule has 0 spiro atoms. The lowest BCUT2D eigenvalue weighted by molar-refractivity contribution is 0.630. The summed E-state index contributed by atoms with van der Waals surface area (Å²) < 4.78 is 28.9. The SMILES string of the molecule is N#Cc1ccccc1-c1cc(-c2ccnc3nc(-c4ccccc4F)ccc23)ccc1F. The molecule has 0 radical (unpaired) electrons. The average molecular weight is 419 g/mol. The molecule has 2 heterocycles. The fourth-order valence-corrected chi connectivity index (χ4v) is 3.81. The van der Waals surface area contributed by atoms with Crippen LogP contribution < -0.4 is 0 Å². The number of benzene rings is 3. The Bertz CT molecular complexity index is 1520. The van der Waals surface area contributed by atoms with E-state index in [1.54, 1.807) is 66.9 Å². The summed E-state index contributed by atoms with van der Waals surface area (Å²) in [5.41, 5.74) is 4.22. The van der Waals surface area contributed by atoms with Crippen molar-refractivity contribution in [2.45, 2.75) is 0 Å². The Kier molecular flexibility index (Phi) is 4.89. The van der Waals surface area contributed by atoms with Gasteiger partial charge in [0.2, 0.25) is 0 Å².